The summed E-state index contributed by atoms with van der Waals surface area (Å²) in [6.45, 7) is 6.15. The summed E-state index contributed by atoms with van der Waals surface area (Å²) in [4.78, 5) is 25.0. The van der Waals surface area contributed by atoms with Gasteiger partial charge in [0.1, 0.15) is 0 Å². The second-order valence-electron chi connectivity index (χ2n) is 4.04. The molecule has 0 heterocycles. The predicted molar refractivity (Wildman–Crippen MR) is 68.5 cm³/mol. The van der Waals surface area contributed by atoms with Crippen LogP contribution in [-0.4, -0.2) is 42.9 Å². The number of carbonyl (C=O) groups excluding carboxylic acids is 2. The summed E-state index contributed by atoms with van der Waals surface area (Å²) in [6, 6.07) is 0. The summed E-state index contributed by atoms with van der Waals surface area (Å²) in [5.74, 6) is -0.969. The fraction of sp³-hybridized carbons (Fsp3) is 0.833. The standard InChI is InChI=1S/C12H25N3O2/c1-3-5-9-15(10-6-4-2)12(17)11(16)14-8-7-13/h3-10,13H2,1-2H3,(H,14,16). The zero-order valence-electron chi connectivity index (χ0n) is 11.0. The van der Waals surface area contributed by atoms with Crippen molar-refractivity contribution in [2.45, 2.75) is 39.5 Å². The molecule has 0 rings (SSSR count). The molecule has 2 amide bonds. The van der Waals surface area contributed by atoms with Gasteiger partial charge >= 0.3 is 11.8 Å². The Morgan fingerprint density at radius 3 is 2.06 bits per heavy atom. The Bertz CT molecular complexity index is 224. The van der Waals surface area contributed by atoms with E-state index >= 15 is 0 Å². The van der Waals surface area contributed by atoms with Crippen molar-refractivity contribution in [3.8, 4) is 0 Å². The molecule has 5 nitrogen and oxygen atoms in total. The summed E-state index contributed by atoms with van der Waals surface area (Å²) in [5.41, 5.74) is 5.27. The van der Waals surface area contributed by atoms with Gasteiger partial charge in [-0.2, -0.15) is 0 Å². The molecular formula is C12H25N3O2. The molecule has 5 heteroatoms. The first-order valence-electron chi connectivity index (χ1n) is 6.44. The molecule has 0 saturated carbocycles. The minimum atomic E-state index is -0.539. The Balaban J connectivity index is 4.23. The van der Waals surface area contributed by atoms with Gasteiger partial charge in [0.2, 0.25) is 0 Å². The molecule has 17 heavy (non-hydrogen) atoms. The molecule has 0 saturated heterocycles. The van der Waals surface area contributed by atoms with Crippen molar-refractivity contribution in [1.29, 1.82) is 0 Å². The third-order valence-corrected chi connectivity index (χ3v) is 2.47. The number of unbranched alkanes of at least 4 members (excludes halogenated alkanes) is 2. The lowest BCUT2D eigenvalue weighted by atomic mass is 10.2. The van der Waals surface area contributed by atoms with Gasteiger partial charge in [-0.05, 0) is 12.8 Å². The number of rotatable bonds is 8. The van der Waals surface area contributed by atoms with Gasteiger partial charge in [0, 0.05) is 26.2 Å². The average molecular weight is 243 g/mol. The van der Waals surface area contributed by atoms with E-state index < -0.39 is 11.8 Å². The SMILES string of the molecule is CCCCN(CCCC)C(=O)C(=O)NCCN. The van der Waals surface area contributed by atoms with Crippen LogP contribution in [0.5, 0.6) is 0 Å². The number of nitrogens with one attached hydrogen (secondary N) is 1. The first kappa shape index (κ1) is 15.9. The Kier molecular flexibility index (Phi) is 9.43. The highest BCUT2D eigenvalue weighted by Crippen LogP contribution is 2.00. The molecule has 3 N–H and O–H groups in total. The van der Waals surface area contributed by atoms with Gasteiger partial charge < -0.3 is 16.0 Å². The van der Waals surface area contributed by atoms with Crippen LogP contribution in [-0.2, 0) is 9.59 Å². The molecule has 0 aromatic heterocycles. The van der Waals surface area contributed by atoms with E-state index in [0.717, 1.165) is 25.7 Å². The highest BCUT2D eigenvalue weighted by atomic mass is 16.2. The number of nitrogens with zero attached hydrogens (tertiary/aromatic N) is 1. The number of amides is 2. The highest BCUT2D eigenvalue weighted by molar-refractivity contribution is 6.35. The van der Waals surface area contributed by atoms with Gasteiger partial charge in [-0.1, -0.05) is 26.7 Å². The zero-order valence-corrected chi connectivity index (χ0v) is 11.0. The molecule has 0 aliphatic rings. The van der Waals surface area contributed by atoms with E-state index in [9.17, 15) is 9.59 Å². The van der Waals surface area contributed by atoms with Crippen molar-refractivity contribution in [1.82, 2.24) is 10.2 Å². The lowest BCUT2D eigenvalue weighted by Gasteiger charge is -2.21. The van der Waals surface area contributed by atoms with Crippen LogP contribution in [0.25, 0.3) is 0 Å². The summed E-state index contributed by atoms with van der Waals surface area (Å²) in [6.07, 6.45) is 3.89. The fourth-order valence-corrected chi connectivity index (χ4v) is 1.42. The number of hydrogen-bond acceptors (Lipinski definition) is 3. The van der Waals surface area contributed by atoms with E-state index in [-0.39, 0.29) is 0 Å². The highest BCUT2D eigenvalue weighted by Gasteiger charge is 2.20. The van der Waals surface area contributed by atoms with Crippen LogP contribution < -0.4 is 11.1 Å². The Morgan fingerprint density at radius 1 is 1.12 bits per heavy atom. The van der Waals surface area contributed by atoms with Gasteiger partial charge in [-0.3, -0.25) is 9.59 Å². The first-order chi connectivity index (χ1) is 8.17. The van der Waals surface area contributed by atoms with Crippen molar-refractivity contribution < 1.29 is 9.59 Å². The van der Waals surface area contributed by atoms with Gasteiger partial charge in [0.15, 0.2) is 0 Å². The molecule has 0 spiro atoms. The summed E-state index contributed by atoms with van der Waals surface area (Å²) >= 11 is 0. The second kappa shape index (κ2) is 10.1. The minimum absolute atomic E-state index is 0.347. The maximum absolute atomic E-state index is 11.8. The lowest BCUT2D eigenvalue weighted by molar-refractivity contribution is -0.145. The second-order valence-corrected chi connectivity index (χ2v) is 4.04. The van der Waals surface area contributed by atoms with Crippen LogP contribution in [0.1, 0.15) is 39.5 Å². The number of carbonyl (C=O) groups is 2. The summed E-state index contributed by atoms with van der Waals surface area (Å²) < 4.78 is 0. The molecule has 0 aromatic carbocycles. The number of hydrogen-bond donors (Lipinski definition) is 2. The van der Waals surface area contributed by atoms with E-state index in [4.69, 9.17) is 5.73 Å². The number of nitrogens with two attached hydrogens (primary N) is 1. The van der Waals surface area contributed by atoms with Gasteiger partial charge in [0.25, 0.3) is 0 Å². The monoisotopic (exact) mass is 243 g/mol. The van der Waals surface area contributed by atoms with Crippen molar-refractivity contribution in [3.05, 3.63) is 0 Å². The molecule has 0 aromatic rings. The molecule has 0 bridgehead atoms. The molecule has 0 atom stereocenters. The Hall–Kier alpha value is -1.10. The molecular weight excluding hydrogens is 218 g/mol. The Labute approximate surface area is 104 Å². The molecule has 0 unspecified atom stereocenters. The van der Waals surface area contributed by atoms with Crippen LogP contribution in [0.4, 0.5) is 0 Å². The van der Waals surface area contributed by atoms with E-state index in [1.807, 2.05) is 0 Å². The molecule has 0 radical (unpaired) electrons. The first-order valence-corrected chi connectivity index (χ1v) is 6.44. The van der Waals surface area contributed by atoms with Crippen molar-refractivity contribution in [3.63, 3.8) is 0 Å². The minimum Gasteiger partial charge on any atom is -0.347 e. The maximum Gasteiger partial charge on any atom is 0.311 e. The third kappa shape index (κ3) is 6.94. The van der Waals surface area contributed by atoms with Crippen LogP contribution >= 0.6 is 0 Å². The van der Waals surface area contributed by atoms with Gasteiger partial charge in [0.05, 0.1) is 0 Å². The van der Waals surface area contributed by atoms with Crippen LogP contribution in [0.3, 0.4) is 0 Å². The largest absolute Gasteiger partial charge is 0.347 e. The lowest BCUT2D eigenvalue weighted by Crippen LogP contribution is -2.45. The Morgan fingerprint density at radius 2 is 1.65 bits per heavy atom. The topological polar surface area (TPSA) is 75.4 Å². The van der Waals surface area contributed by atoms with Crippen molar-refractivity contribution in [2.24, 2.45) is 5.73 Å². The van der Waals surface area contributed by atoms with Crippen LogP contribution in [0.15, 0.2) is 0 Å². The van der Waals surface area contributed by atoms with Crippen LogP contribution in [0, 0.1) is 0 Å². The third-order valence-electron chi connectivity index (χ3n) is 2.47. The van der Waals surface area contributed by atoms with Gasteiger partial charge in [-0.15, -0.1) is 0 Å². The van der Waals surface area contributed by atoms with E-state index in [1.54, 1.807) is 4.90 Å². The molecule has 0 aliphatic carbocycles. The molecule has 0 fully saturated rings. The average Bonchev–Trinajstić information content (AvgIpc) is 2.35. The van der Waals surface area contributed by atoms with Crippen molar-refractivity contribution >= 4 is 11.8 Å². The fourth-order valence-electron chi connectivity index (χ4n) is 1.42. The van der Waals surface area contributed by atoms with E-state index in [1.165, 1.54) is 0 Å². The normalized spacial score (nSPS) is 10.1. The summed E-state index contributed by atoms with van der Waals surface area (Å²) in [7, 11) is 0. The maximum atomic E-state index is 11.8. The van der Waals surface area contributed by atoms with Crippen molar-refractivity contribution in [2.75, 3.05) is 26.2 Å². The van der Waals surface area contributed by atoms with E-state index in [0.29, 0.717) is 26.2 Å². The molecule has 100 valence electrons. The van der Waals surface area contributed by atoms with Crippen LogP contribution in [0.2, 0.25) is 0 Å². The zero-order chi connectivity index (χ0) is 13.1. The van der Waals surface area contributed by atoms with E-state index in [2.05, 4.69) is 19.2 Å². The quantitative estimate of drug-likeness (QED) is 0.609. The smallest absolute Gasteiger partial charge is 0.311 e. The van der Waals surface area contributed by atoms with Gasteiger partial charge in [-0.25, -0.2) is 0 Å². The predicted octanol–water partition coefficient (Wildman–Crippen LogP) is 0.490. The molecule has 0 aliphatic heterocycles. The summed E-state index contributed by atoms with van der Waals surface area (Å²) in [5, 5.41) is 2.51.